The Kier molecular flexibility index (Phi) is 8.39. The summed E-state index contributed by atoms with van der Waals surface area (Å²) < 4.78 is 0. The molecule has 0 radical (unpaired) electrons. The van der Waals surface area contributed by atoms with Gasteiger partial charge in [0.1, 0.15) is 5.82 Å². The van der Waals surface area contributed by atoms with Crippen LogP contribution in [-0.2, 0) is 0 Å². The lowest BCUT2D eigenvalue weighted by molar-refractivity contribution is 0.340. The van der Waals surface area contributed by atoms with Crippen LogP contribution in [-0.4, -0.2) is 42.7 Å². The van der Waals surface area contributed by atoms with Gasteiger partial charge in [-0.1, -0.05) is 62.7 Å². The van der Waals surface area contributed by atoms with Gasteiger partial charge in [-0.2, -0.15) is 4.98 Å². The molecule has 0 amide bonds. The van der Waals surface area contributed by atoms with Gasteiger partial charge in [-0.15, -0.1) is 0 Å². The van der Waals surface area contributed by atoms with E-state index in [2.05, 4.69) is 71.8 Å². The molecule has 5 nitrogen and oxygen atoms in total. The number of fused-ring (bicyclic) bond motifs is 1. The molecule has 182 valence electrons. The number of hydrogen-bond donors (Lipinski definition) is 2. The van der Waals surface area contributed by atoms with Crippen LogP contribution in [0.15, 0.2) is 54.6 Å². The van der Waals surface area contributed by atoms with E-state index in [0.29, 0.717) is 18.0 Å². The van der Waals surface area contributed by atoms with E-state index in [9.17, 15) is 0 Å². The SMILES string of the molecule is CC(C)CCC(CN[C@H]1CC[C@@H](Nc2nc(N(C)C)c3ccccc3n2)CC1)c1ccccc1. The molecule has 2 aromatic carbocycles. The Morgan fingerprint density at radius 3 is 2.24 bits per heavy atom. The van der Waals surface area contributed by atoms with Crippen LogP contribution >= 0.6 is 0 Å². The highest BCUT2D eigenvalue weighted by Crippen LogP contribution is 2.27. The second-order valence-electron chi connectivity index (χ2n) is 10.5. The Bertz CT molecular complexity index is 1030. The Labute approximate surface area is 205 Å². The van der Waals surface area contributed by atoms with Gasteiger partial charge in [-0.05, 0) is 61.6 Å². The molecule has 1 aromatic heterocycles. The molecule has 1 saturated carbocycles. The summed E-state index contributed by atoms with van der Waals surface area (Å²) in [5, 5.41) is 8.64. The molecule has 3 aromatic rings. The maximum atomic E-state index is 4.83. The summed E-state index contributed by atoms with van der Waals surface area (Å²) in [6, 6.07) is 20.3. The van der Waals surface area contributed by atoms with E-state index in [1.165, 1.54) is 31.2 Å². The summed E-state index contributed by atoms with van der Waals surface area (Å²) in [6.45, 7) is 5.72. The molecule has 0 bridgehead atoms. The number of anilines is 2. The molecule has 2 N–H and O–H groups in total. The summed E-state index contributed by atoms with van der Waals surface area (Å²) in [5.74, 6) is 3.06. The third kappa shape index (κ3) is 6.47. The molecule has 0 spiro atoms. The zero-order chi connectivity index (χ0) is 23.9. The highest BCUT2D eigenvalue weighted by atomic mass is 15.2. The Balaban J connectivity index is 1.32. The van der Waals surface area contributed by atoms with Crippen LogP contribution in [0.1, 0.15) is 63.9 Å². The minimum absolute atomic E-state index is 0.431. The van der Waals surface area contributed by atoms with Gasteiger partial charge >= 0.3 is 0 Å². The van der Waals surface area contributed by atoms with E-state index in [1.807, 2.05) is 26.2 Å². The minimum atomic E-state index is 0.431. The van der Waals surface area contributed by atoms with Crippen LogP contribution in [0, 0.1) is 5.92 Å². The first-order valence-corrected chi connectivity index (χ1v) is 13.0. The molecule has 1 atom stereocenters. The van der Waals surface area contributed by atoms with Crippen LogP contribution in [0.3, 0.4) is 0 Å². The minimum Gasteiger partial charge on any atom is -0.362 e. The smallest absolute Gasteiger partial charge is 0.225 e. The fraction of sp³-hybridized carbons (Fsp3) is 0.517. The molecule has 4 rings (SSSR count). The van der Waals surface area contributed by atoms with Crippen LogP contribution in [0.2, 0.25) is 0 Å². The van der Waals surface area contributed by atoms with Gasteiger partial charge in [-0.25, -0.2) is 4.98 Å². The number of rotatable bonds is 10. The van der Waals surface area contributed by atoms with E-state index in [-0.39, 0.29) is 0 Å². The summed E-state index contributed by atoms with van der Waals surface area (Å²) in [4.78, 5) is 11.7. The van der Waals surface area contributed by atoms with Crippen molar-refractivity contribution in [1.29, 1.82) is 0 Å². The Morgan fingerprint density at radius 1 is 0.853 bits per heavy atom. The Morgan fingerprint density at radius 2 is 1.53 bits per heavy atom. The lowest BCUT2D eigenvalue weighted by atomic mass is 9.88. The number of para-hydroxylation sites is 1. The quantitative estimate of drug-likeness (QED) is 0.376. The number of aromatic nitrogens is 2. The van der Waals surface area contributed by atoms with Gasteiger partial charge in [-0.3, -0.25) is 0 Å². The predicted octanol–water partition coefficient (Wildman–Crippen LogP) is 6.23. The number of benzene rings is 2. The second-order valence-corrected chi connectivity index (χ2v) is 10.5. The van der Waals surface area contributed by atoms with Crippen molar-refractivity contribution in [2.24, 2.45) is 5.92 Å². The van der Waals surface area contributed by atoms with Gasteiger partial charge in [0.2, 0.25) is 5.95 Å². The lowest BCUT2D eigenvalue weighted by Crippen LogP contribution is -2.39. The van der Waals surface area contributed by atoms with Crippen LogP contribution in [0.4, 0.5) is 11.8 Å². The molecule has 1 heterocycles. The monoisotopic (exact) mass is 459 g/mol. The first kappa shape index (κ1) is 24.5. The van der Waals surface area contributed by atoms with Crippen molar-refractivity contribution in [2.45, 2.75) is 70.4 Å². The average molecular weight is 460 g/mol. The van der Waals surface area contributed by atoms with Gasteiger partial charge in [0.15, 0.2) is 0 Å². The fourth-order valence-electron chi connectivity index (χ4n) is 5.04. The third-order valence-corrected chi connectivity index (χ3v) is 7.08. The van der Waals surface area contributed by atoms with Crippen LogP contribution in [0.25, 0.3) is 10.9 Å². The van der Waals surface area contributed by atoms with E-state index in [1.54, 1.807) is 0 Å². The Hall–Kier alpha value is -2.66. The largest absolute Gasteiger partial charge is 0.362 e. The number of hydrogen-bond acceptors (Lipinski definition) is 5. The standard InChI is InChI=1S/C29H41N5/c1-21(2)14-15-23(22-10-6-5-7-11-22)20-30-24-16-18-25(19-17-24)31-29-32-27-13-9-8-12-26(27)28(33-29)34(3)4/h5-13,21,23-25,30H,14-20H2,1-4H3,(H,31,32,33)/t23?,24-,25+. The predicted molar refractivity (Wildman–Crippen MR) is 145 cm³/mol. The first-order valence-electron chi connectivity index (χ1n) is 13.0. The zero-order valence-electron chi connectivity index (χ0n) is 21.3. The summed E-state index contributed by atoms with van der Waals surface area (Å²) in [7, 11) is 4.08. The van der Waals surface area contributed by atoms with E-state index >= 15 is 0 Å². The highest BCUT2D eigenvalue weighted by molar-refractivity contribution is 5.90. The van der Waals surface area contributed by atoms with Crippen molar-refractivity contribution < 1.29 is 0 Å². The van der Waals surface area contributed by atoms with E-state index in [4.69, 9.17) is 9.97 Å². The molecule has 1 aliphatic carbocycles. The molecular weight excluding hydrogens is 418 g/mol. The van der Waals surface area contributed by atoms with Gasteiger partial charge < -0.3 is 15.5 Å². The van der Waals surface area contributed by atoms with E-state index < -0.39 is 0 Å². The maximum Gasteiger partial charge on any atom is 0.225 e. The van der Waals surface area contributed by atoms with Crippen molar-refractivity contribution >= 4 is 22.7 Å². The van der Waals surface area contributed by atoms with Gasteiger partial charge in [0.25, 0.3) is 0 Å². The van der Waals surface area contributed by atoms with Crippen LogP contribution in [0.5, 0.6) is 0 Å². The van der Waals surface area contributed by atoms with Crippen molar-refractivity contribution in [3.63, 3.8) is 0 Å². The molecule has 0 saturated heterocycles. The molecule has 5 heteroatoms. The van der Waals surface area contributed by atoms with E-state index in [0.717, 1.165) is 48.0 Å². The van der Waals surface area contributed by atoms with Crippen LogP contribution < -0.4 is 15.5 Å². The molecule has 1 unspecified atom stereocenters. The molecular formula is C29H41N5. The molecule has 1 aliphatic rings. The highest BCUT2D eigenvalue weighted by Gasteiger charge is 2.23. The summed E-state index contributed by atoms with van der Waals surface area (Å²) in [5.41, 5.74) is 2.46. The summed E-state index contributed by atoms with van der Waals surface area (Å²) in [6.07, 6.45) is 7.20. The van der Waals surface area contributed by atoms with Gasteiger partial charge in [0.05, 0.1) is 5.52 Å². The fourth-order valence-corrected chi connectivity index (χ4v) is 5.04. The average Bonchev–Trinajstić information content (AvgIpc) is 2.85. The zero-order valence-corrected chi connectivity index (χ0v) is 21.3. The maximum absolute atomic E-state index is 4.83. The second kappa shape index (κ2) is 11.7. The topological polar surface area (TPSA) is 53.1 Å². The number of nitrogens with one attached hydrogen (secondary N) is 2. The number of nitrogens with zero attached hydrogens (tertiary/aromatic N) is 3. The van der Waals surface area contributed by atoms with Gasteiger partial charge in [0, 0.05) is 38.1 Å². The molecule has 1 fully saturated rings. The van der Waals surface area contributed by atoms with Crippen molar-refractivity contribution in [3.05, 3.63) is 60.2 Å². The molecule has 34 heavy (non-hydrogen) atoms. The lowest BCUT2D eigenvalue weighted by Gasteiger charge is -2.31. The third-order valence-electron chi connectivity index (χ3n) is 7.08. The summed E-state index contributed by atoms with van der Waals surface area (Å²) >= 11 is 0. The molecule has 0 aliphatic heterocycles. The van der Waals surface area contributed by atoms with Crippen molar-refractivity contribution in [1.82, 2.24) is 15.3 Å². The first-order chi connectivity index (χ1) is 16.5. The van der Waals surface area contributed by atoms with Crippen molar-refractivity contribution in [2.75, 3.05) is 30.9 Å². The van der Waals surface area contributed by atoms with Crippen molar-refractivity contribution in [3.8, 4) is 0 Å². The normalized spacial score (nSPS) is 19.3.